The number of hydrogen-bond acceptors (Lipinski definition) is 3. The van der Waals surface area contributed by atoms with Gasteiger partial charge in [-0.2, -0.15) is 4.98 Å². The molecule has 0 atom stereocenters. The number of benzene rings is 1. The summed E-state index contributed by atoms with van der Waals surface area (Å²) in [5, 5.41) is 0. The molecule has 0 spiro atoms. The number of ether oxygens (including phenoxy) is 1. The van der Waals surface area contributed by atoms with E-state index in [0.29, 0.717) is 26.5 Å². The first-order valence-corrected chi connectivity index (χ1v) is 7.33. The van der Waals surface area contributed by atoms with Crippen LogP contribution in [0.25, 0.3) is 0 Å². The molecule has 0 aliphatic rings. The van der Waals surface area contributed by atoms with Crippen LogP contribution >= 0.6 is 31.9 Å². The second-order valence-corrected chi connectivity index (χ2v) is 5.54. The number of hydrogen-bond donors (Lipinski definition) is 0. The summed E-state index contributed by atoms with van der Waals surface area (Å²) in [4.78, 5) is 8.51. The van der Waals surface area contributed by atoms with Gasteiger partial charge in [-0.05, 0) is 50.4 Å². The molecule has 0 unspecified atom stereocenters. The minimum Gasteiger partial charge on any atom is -0.439 e. The molecule has 0 aliphatic heterocycles. The SMILES string of the molecule is CCCc1nc(Br)cc(Oc2ccc(Br)c(F)c2)n1. The van der Waals surface area contributed by atoms with E-state index in [4.69, 9.17) is 4.74 Å². The van der Waals surface area contributed by atoms with Gasteiger partial charge in [0, 0.05) is 18.6 Å². The summed E-state index contributed by atoms with van der Waals surface area (Å²) in [5.41, 5.74) is 0. The lowest BCUT2D eigenvalue weighted by Gasteiger charge is -2.07. The molecule has 1 aromatic heterocycles. The summed E-state index contributed by atoms with van der Waals surface area (Å²) in [6.07, 6.45) is 1.72. The van der Waals surface area contributed by atoms with Crippen LogP contribution in [0.4, 0.5) is 4.39 Å². The first-order chi connectivity index (χ1) is 9.08. The smallest absolute Gasteiger partial charge is 0.223 e. The van der Waals surface area contributed by atoms with Gasteiger partial charge in [-0.25, -0.2) is 9.37 Å². The van der Waals surface area contributed by atoms with Crippen LogP contribution in [0.1, 0.15) is 19.2 Å². The lowest BCUT2D eigenvalue weighted by Crippen LogP contribution is -1.98. The maximum Gasteiger partial charge on any atom is 0.223 e. The van der Waals surface area contributed by atoms with Crippen molar-refractivity contribution in [3.63, 3.8) is 0 Å². The number of aromatic nitrogens is 2. The molecular formula is C13H11Br2FN2O. The van der Waals surface area contributed by atoms with Crippen LogP contribution in [0.3, 0.4) is 0 Å². The monoisotopic (exact) mass is 388 g/mol. The molecule has 1 heterocycles. The summed E-state index contributed by atoms with van der Waals surface area (Å²) >= 11 is 6.40. The van der Waals surface area contributed by atoms with Crippen LogP contribution in [0.15, 0.2) is 33.3 Å². The maximum absolute atomic E-state index is 13.4. The van der Waals surface area contributed by atoms with E-state index in [-0.39, 0.29) is 5.82 Å². The summed E-state index contributed by atoms with van der Waals surface area (Å²) in [7, 11) is 0. The zero-order valence-corrected chi connectivity index (χ0v) is 13.3. The highest BCUT2D eigenvalue weighted by atomic mass is 79.9. The molecular weight excluding hydrogens is 379 g/mol. The Hall–Kier alpha value is -1.01. The molecule has 0 fully saturated rings. The van der Waals surface area contributed by atoms with Gasteiger partial charge >= 0.3 is 0 Å². The van der Waals surface area contributed by atoms with E-state index in [1.807, 2.05) is 0 Å². The van der Waals surface area contributed by atoms with E-state index < -0.39 is 0 Å². The van der Waals surface area contributed by atoms with Gasteiger partial charge in [0.05, 0.1) is 4.47 Å². The molecule has 19 heavy (non-hydrogen) atoms. The van der Waals surface area contributed by atoms with Crippen molar-refractivity contribution < 1.29 is 9.13 Å². The molecule has 0 radical (unpaired) electrons. The van der Waals surface area contributed by atoms with Gasteiger partial charge in [-0.15, -0.1) is 0 Å². The van der Waals surface area contributed by atoms with Crippen molar-refractivity contribution in [1.29, 1.82) is 0 Å². The van der Waals surface area contributed by atoms with Crippen molar-refractivity contribution in [3.8, 4) is 11.6 Å². The molecule has 3 nitrogen and oxygen atoms in total. The quantitative estimate of drug-likeness (QED) is 0.698. The second kappa shape index (κ2) is 6.43. The van der Waals surface area contributed by atoms with Gasteiger partial charge in [-0.3, -0.25) is 0 Å². The maximum atomic E-state index is 13.4. The van der Waals surface area contributed by atoms with Gasteiger partial charge in [-0.1, -0.05) is 6.92 Å². The first-order valence-electron chi connectivity index (χ1n) is 5.75. The Balaban J connectivity index is 2.24. The highest BCUT2D eigenvalue weighted by molar-refractivity contribution is 9.10. The van der Waals surface area contributed by atoms with E-state index in [2.05, 4.69) is 48.8 Å². The van der Waals surface area contributed by atoms with E-state index >= 15 is 0 Å². The molecule has 1 aromatic carbocycles. The third kappa shape index (κ3) is 3.98. The Labute approximate surface area is 127 Å². The topological polar surface area (TPSA) is 35.0 Å². The highest BCUT2D eigenvalue weighted by Crippen LogP contribution is 2.26. The fourth-order valence-electron chi connectivity index (χ4n) is 1.49. The van der Waals surface area contributed by atoms with Crippen LogP contribution in [0, 0.1) is 5.82 Å². The highest BCUT2D eigenvalue weighted by Gasteiger charge is 2.07. The van der Waals surface area contributed by atoms with Gasteiger partial charge in [0.2, 0.25) is 5.88 Å². The molecule has 0 aliphatic carbocycles. The predicted octanol–water partition coefficient (Wildman–Crippen LogP) is 4.89. The Morgan fingerprint density at radius 1 is 1.21 bits per heavy atom. The largest absolute Gasteiger partial charge is 0.439 e. The average Bonchev–Trinajstić information content (AvgIpc) is 2.33. The predicted molar refractivity (Wildman–Crippen MR) is 77.9 cm³/mol. The van der Waals surface area contributed by atoms with Gasteiger partial charge < -0.3 is 4.74 Å². The summed E-state index contributed by atoms with van der Waals surface area (Å²) < 4.78 is 20.0. The third-order valence-corrected chi connectivity index (χ3v) is 3.35. The Morgan fingerprint density at radius 3 is 2.68 bits per heavy atom. The Kier molecular flexibility index (Phi) is 4.87. The van der Waals surface area contributed by atoms with Crippen LogP contribution in [0.5, 0.6) is 11.6 Å². The van der Waals surface area contributed by atoms with Crippen molar-refractivity contribution in [1.82, 2.24) is 9.97 Å². The number of rotatable bonds is 4. The lowest BCUT2D eigenvalue weighted by molar-refractivity contribution is 0.452. The van der Waals surface area contributed by atoms with E-state index in [9.17, 15) is 4.39 Å². The van der Waals surface area contributed by atoms with Crippen molar-refractivity contribution in [2.24, 2.45) is 0 Å². The standard InChI is InChI=1S/C13H11Br2FN2O/c1-2-3-12-17-11(15)7-13(18-12)19-8-4-5-9(14)10(16)6-8/h4-7H,2-3H2,1H3. The zero-order chi connectivity index (χ0) is 13.8. The molecule has 0 bridgehead atoms. The minimum absolute atomic E-state index is 0.376. The van der Waals surface area contributed by atoms with E-state index in [1.165, 1.54) is 6.07 Å². The second-order valence-electron chi connectivity index (χ2n) is 3.87. The first kappa shape index (κ1) is 14.4. The molecule has 0 saturated heterocycles. The Morgan fingerprint density at radius 2 is 2.00 bits per heavy atom. The fourth-order valence-corrected chi connectivity index (χ4v) is 2.14. The van der Waals surface area contributed by atoms with E-state index in [0.717, 1.165) is 12.8 Å². The number of halogens is 3. The number of nitrogens with zero attached hydrogens (tertiary/aromatic N) is 2. The molecule has 2 aromatic rings. The lowest BCUT2D eigenvalue weighted by atomic mass is 10.3. The van der Waals surface area contributed by atoms with Crippen LogP contribution in [0.2, 0.25) is 0 Å². The van der Waals surface area contributed by atoms with Crippen LogP contribution < -0.4 is 4.74 Å². The zero-order valence-electron chi connectivity index (χ0n) is 10.2. The van der Waals surface area contributed by atoms with E-state index in [1.54, 1.807) is 18.2 Å². The average molecular weight is 390 g/mol. The number of aryl methyl sites for hydroxylation is 1. The summed E-state index contributed by atoms with van der Waals surface area (Å²) in [6.45, 7) is 2.05. The van der Waals surface area contributed by atoms with Crippen LogP contribution in [-0.4, -0.2) is 9.97 Å². The molecule has 6 heteroatoms. The van der Waals surface area contributed by atoms with Crippen molar-refractivity contribution in [2.45, 2.75) is 19.8 Å². The molecule has 0 amide bonds. The summed E-state index contributed by atoms with van der Waals surface area (Å²) in [5.74, 6) is 1.12. The van der Waals surface area contributed by atoms with Gasteiger partial charge in [0.25, 0.3) is 0 Å². The van der Waals surface area contributed by atoms with Crippen molar-refractivity contribution in [2.75, 3.05) is 0 Å². The van der Waals surface area contributed by atoms with Gasteiger partial charge in [0.1, 0.15) is 22.0 Å². The van der Waals surface area contributed by atoms with Crippen molar-refractivity contribution in [3.05, 3.63) is 45.0 Å². The normalized spacial score (nSPS) is 10.5. The molecule has 2 rings (SSSR count). The molecule has 100 valence electrons. The summed E-state index contributed by atoms with van der Waals surface area (Å²) in [6, 6.07) is 6.22. The van der Waals surface area contributed by atoms with Gasteiger partial charge in [0.15, 0.2) is 0 Å². The molecule has 0 N–H and O–H groups in total. The minimum atomic E-state index is -0.376. The molecule has 0 saturated carbocycles. The van der Waals surface area contributed by atoms with Crippen LogP contribution in [-0.2, 0) is 6.42 Å². The third-order valence-electron chi connectivity index (χ3n) is 2.30. The Bertz CT molecular complexity index is 593. The fraction of sp³-hybridized carbons (Fsp3) is 0.231. The van der Waals surface area contributed by atoms with Crippen molar-refractivity contribution >= 4 is 31.9 Å².